The van der Waals surface area contributed by atoms with Gasteiger partial charge < -0.3 is 14.2 Å². The Bertz CT molecular complexity index is 1200. The topological polar surface area (TPSA) is 103 Å². The van der Waals surface area contributed by atoms with Crippen LogP contribution in [-0.2, 0) is 13.0 Å². The summed E-state index contributed by atoms with van der Waals surface area (Å²) in [6.07, 6.45) is 0.268. The van der Waals surface area contributed by atoms with E-state index in [-0.39, 0.29) is 18.5 Å². The normalized spacial score (nSPS) is 11.0. The zero-order valence-electron chi connectivity index (χ0n) is 14.5. The fraction of sp³-hybridized carbons (Fsp3) is 0.158. The van der Waals surface area contributed by atoms with Gasteiger partial charge in [0.2, 0.25) is 11.7 Å². The van der Waals surface area contributed by atoms with E-state index in [9.17, 15) is 9.59 Å². The predicted molar refractivity (Wildman–Crippen MR) is 98.8 cm³/mol. The van der Waals surface area contributed by atoms with E-state index in [1.54, 1.807) is 43.5 Å². The van der Waals surface area contributed by atoms with Gasteiger partial charge in [-0.3, -0.25) is 9.36 Å². The summed E-state index contributed by atoms with van der Waals surface area (Å²) < 4.78 is 11.5. The lowest BCUT2D eigenvalue weighted by Crippen LogP contribution is -2.35. The summed E-state index contributed by atoms with van der Waals surface area (Å²) in [5.41, 5.74) is 0.493. The molecule has 0 saturated heterocycles. The highest BCUT2D eigenvalue weighted by atomic mass is 16.5. The highest BCUT2D eigenvalue weighted by molar-refractivity contribution is 5.76. The maximum atomic E-state index is 12.5. The van der Waals surface area contributed by atoms with Crippen LogP contribution in [0.25, 0.3) is 22.3 Å². The number of para-hydroxylation sites is 1. The van der Waals surface area contributed by atoms with Gasteiger partial charge >= 0.3 is 5.69 Å². The Balaban J connectivity index is 1.56. The molecule has 0 spiro atoms. The molecule has 0 atom stereocenters. The number of nitrogens with zero attached hydrogens (tertiary/aromatic N) is 3. The van der Waals surface area contributed by atoms with E-state index < -0.39 is 5.69 Å². The van der Waals surface area contributed by atoms with Crippen molar-refractivity contribution in [2.75, 3.05) is 7.11 Å². The molecular weight excluding hydrogens is 348 g/mol. The molecule has 0 unspecified atom stereocenters. The summed E-state index contributed by atoms with van der Waals surface area (Å²) in [6.45, 7) is 0.142. The van der Waals surface area contributed by atoms with Crippen molar-refractivity contribution in [3.63, 3.8) is 0 Å². The van der Waals surface area contributed by atoms with Gasteiger partial charge in [-0.25, -0.2) is 4.79 Å². The molecule has 2 aromatic heterocycles. The number of rotatable bonds is 5. The van der Waals surface area contributed by atoms with Crippen molar-refractivity contribution in [3.05, 3.63) is 75.3 Å². The molecule has 2 aromatic carbocycles. The van der Waals surface area contributed by atoms with Crippen molar-refractivity contribution in [3.8, 4) is 17.1 Å². The number of fused-ring (bicyclic) bond motifs is 1. The standard InChI is InChI=1S/C19H16N4O4/c1-26-13-8-6-12(7-9-13)17-21-16(27-22-17)10-11-23-18(24)14-4-2-3-5-15(14)20-19(23)25/h2-9H,10-11H2,1H3,(H,20,25). The average molecular weight is 364 g/mol. The van der Waals surface area contributed by atoms with Crippen LogP contribution in [0.5, 0.6) is 5.75 Å². The first-order valence-electron chi connectivity index (χ1n) is 8.34. The van der Waals surface area contributed by atoms with Crippen LogP contribution >= 0.6 is 0 Å². The number of ether oxygens (including phenoxy) is 1. The molecule has 0 aliphatic carbocycles. The van der Waals surface area contributed by atoms with E-state index in [0.29, 0.717) is 22.6 Å². The lowest BCUT2D eigenvalue weighted by molar-refractivity contribution is 0.370. The second kappa shape index (κ2) is 6.91. The first kappa shape index (κ1) is 16.8. The minimum atomic E-state index is -0.464. The monoisotopic (exact) mass is 364 g/mol. The molecule has 0 saturated carbocycles. The number of hydrogen-bond donors (Lipinski definition) is 1. The third-order valence-corrected chi connectivity index (χ3v) is 4.25. The van der Waals surface area contributed by atoms with Gasteiger partial charge in [0.1, 0.15) is 5.75 Å². The predicted octanol–water partition coefficient (Wildman–Crippen LogP) is 1.99. The minimum Gasteiger partial charge on any atom is -0.497 e. The minimum absolute atomic E-state index is 0.142. The summed E-state index contributed by atoms with van der Waals surface area (Å²) in [6, 6.07) is 14.2. The number of hydrogen-bond acceptors (Lipinski definition) is 6. The van der Waals surface area contributed by atoms with E-state index in [0.717, 1.165) is 15.9 Å². The average Bonchev–Trinajstić information content (AvgIpc) is 3.17. The molecule has 0 amide bonds. The zero-order valence-corrected chi connectivity index (χ0v) is 14.5. The molecule has 8 nitrogen and oxygen atoms in total. The third-order valence-electron chi connectivity index (χ3n) is 4.25. The van der Waals surface area contributed by atoms with Crippen molar-refractivity contribution < 1.29 is 9.26 Å². The lowest BCUT2D eigenvalue weighted by Gasteiger charge is -2.04. The van der Waals surface area contributed by atoms with Gasteiger partial charge in [-0.2, -0.15) is 4.98 Å². The zero-order chi connectivity index (χ0) is 18.8. The van der Waals surface area contributed by atoms with Crippen LogP contribution in [0.4, 0.5) is 0 Å². The van der Waals surface area contributed by atoms with Gasteiger partial charge in [0.15, 0.2) is 0 Å². The van der Waals surface area contributed by atoms with Gasteiger partial charge in [-0.05, 0) is 36.4 Å². The number of aryl methyl sites for hydroxylation is 1. The fourth-order valence-corrected chi connectivity index (χ4v) is 2.82. The number of nitrogens with one attached hydrogen (secondary N) is 1. The van der Waals surface area contributed by atoms with Crippen LogP contribution in [0.2, 0.25) is 0 Å². The molecule has 136 valence electrons. The van der Waals surface area contributed by atoms with E-state index in [1.807, 2.05) is 12.1 Å². The summed E-state index contributed by atoms with van der Waals surface area (Å²) in [4.78, 5) is 31.7. The van der Waals surface area contributed by atoms with Crippen molar-refractivity contribution in [1.82, 2.24) is 19.7 Å². The van der Waals surface area contributed by atoms with E-state index in [1.165, 1.54) is 0 Å². The van der Waals surface area contributed by atoms with Gasteiger partial charge in [0.05, 0.1) is 18.0 Å². The molecule has 4 aromatic rings. The Labute approximate surface area is 153 Å². The van der Waals surface area contributed by atoms with Crippen LogP contribution in [0.15, 0.2) is 62.6 Å². The number of aromatic nitrogens is 4. The smallest absolute Gasteiger partial charge is 0.328 e. The first-order chi connectivity index (χ1) is 13.2. The van der Waals surface area contributed by atoms with Gasteiger partial charge in [0.25, 0.3) is 5.56 Å². The molecule has 8 heteroatoms. The molecule has 4 rings (SSSR count). The molecule has 0 bridgehead atoms. The molecule has 0 radical (unpaired) electrons. The first-order valence-corrected chi connectivity index (χ1v) is 8.34. The largest absolute Gasteiger partial charge is 0.497 e. The van der Waals surface area contributed by atoms with Gasteiger partial charge in [-0.15, -0.1) is 0 Å². The molecule has 0 fully saturated rings. The second-order valence-corrected chi connectivity index (χ2v) is 5.92. The SMILES string of the molecule is COc1ccc(-c2noc(CCn3c(=O)[nH]c4ccccc4c3=O)n2)cc1. The van der Waals surface area contributed by atoms with Crippen molar-refractivity contribution in [2.45, 2.75) is 13.0 Å². The number of aromatic amines is 1. The van der Waals surface area contributed by atoms with Crippen LogP contribution in [0, 0.1) is 0 Å². The van der Waals surface area contributed by atoms with Crippen molar-refractivity contribution >= 4 is 10.9 Å². The number of methoxy groups -OCH3 is 1. The second-order valence-electron chi connectivity index (χ2n) is 5.92. The van der Waals surface area contributed by atoms with Gasteiger partial charge in [0, 0.05) is 18.5 Å². The Morgan fingerprint density at radius 1 is 1.11 bits per heavy atom. The Morgan fingerprint density at radius 2 is 1.89 bits per heavy atom. The molecular formula is C19H16N4O4. The molecule has 2 heterocycles. The van der Waals surface area contributed by atoms with Crippen LogP contribution in [-0.4, -0.2) is 26.8 Å². The Morgan fingerprint density at radius 3 is 2.67 bits per heavy atom. The highest BCUT2D eigenvalue weighted by Crippen LogP contribution is 2.19. The van der Waals surface area contributed by atoms with E-state index in [4.69, 9.17) is 9.26 Å². The maximum absolute atomic E-state index is 12.5. The summed E-state index contributed by atoms with van der Waals surface area (Å²) in [5.74, 6) is 1.52. The molecule has 0 aliphatic heterocycles. The molecule has 27 heavy (non-hydrogen) atoms. The molecule has 1 N–H and O–H groups in total. The number of benzene rings is 2. The summed E-state index contributed by atoms with van der Waals surface area (Å²) >= 11 is 0. The third kappa shape index (κ3) is 3.24. The molecule has 0 aliphatic rings. The maximum Gasteiger partial charge on any atom is 0.328 e. The lowest BCUT2D eigenvalue weighted by atomic mass is 10.2. The van der Waals surface area contributed by atoms with Crippen LogP contribution < -0.4 is 16.0 Å². The van der Waals surface area contributed by atoms with Crippen molar-refractivity contribution in [2.24, 2.45) is 0 Å². The quantitative estimate of drug-likeness (QED) is 0.581. The van der Waals surface area contributed by atoms with E-state index in [2.05, 4.69) is 15.1 Å². The van der Waals surface area contributed by atoms with E-state index >= 15 is 0 Å². The Hall–Kier alpha value is -3.68. The fourth-order valence-electron chi connectivity index (χ4n) is 2.82. The van der Waals surface area contributed by atoms with Crippen molar-refractivity contribution in [1.29, 1.82) is 0 Å². The summed E-state index contributed by atoms with van der Waals surface area (Å²) in [5, 5.41) is 4.41. The number of H-pyrrole nitrogens is 1. The highest BCUT2D eigenvalue weighted by Gasteiger charge is 2.12. The van der Waals surface area contributed by atoms with Crippen LogP contribution in [0.3, 0.4) is 0 Å². The summed E-state index contributed by atoms with van der Waals surface area (Å²) in [7, 11) is 1.60. The Kier molecular flexibility index (Phi) is 4.29. The van der Waals surface area contributed by atoms with Crippen LogP contribution in [0.1, 0.15) is 5.89 Å². The van der Waals surface area contributed by atoms with Gasteiger partial charge in [-0.1, -0.05) is 17.3 Å².